The van der Waals surface area contributed by atoms with Crippen molar-refractivity contribution >= 4 is 27.6 Å². The molecule has 0 unspecified atom stereocenters. The number of carbonyl (C=O) groups is 3. The van der Waals surface area contributed by atoms with Crippen molar-refractivity contribution in [3.63, 3.8) is 0 Å². The van der Waals surface area contributed by atoms with Crippen LogP contribution in [0.1, 0.15) is 29.8 Å². The number of benzene rings is 1. The summed E-state index contributed by atoms with van der Waals surface area (Å²) in [6.07, 6.45) is 1.03. The second-order valence-corrected chi connectivity index (χ2v) is 7.84. The van der Waals surface area contributed by atoms with Gasteiger partial charge in [-0.25, -0.2) is 13.2 Å². The average molecular weight is 370 g/mol. The molecule has 25 heavy (non-hydrogen) atoms. The smallest absolute Gasteiger partial charge is 0.338 e. The van der Waals surface area contributed by atoms with E-state index in [-0.39, 0.29) is 29.0 Å². The zero-order valence-corrected chi connectivity index (χ0v) is 15.4. The zero-order chi connectivity index (χ0) is 19.2. The molecule has 0 aliphatic rings. The molecule has 9 heteroatoms. The van der Waals surface area contributed by atoms with Gasteiger partial charge in [0.05, 0.1) is 17.0 Å². The molecule has 0 saturated heterocycles. The fourth-order valence-corrected chi connectivity index (χ4v) is 2.51. The van der Waals surface area contributed by atoms with E-state index in [9.17, 15) is 22.8 Å². The normalized spacial score (nSPS) is 11.1. The lowest BCUT2D eigenvalue weighted by atomic mass is 10.1. The number of carbonyl (C=O) groups excluding carboxylic acids is 3. The van der Waals surface area contributed by atoms with Gasteiger partial charge in [-0.1, -0.05) is 6.07 Å². The minimum absolute atomic E-state index is 0.0140. The van der Waals surface area contributed by atoms with Crippen LogP contribution in [0.4, 0.5) is 0 Å². The van der Waals surface area contributed by atoms with E-state index in [1.165, 1.54) is 18.2 Å². The summed E-state index contributed by atoms with van der Waals surface area (Å²) in [6.45, 7) is 4.40. The molecule has 0 spiro atoms. The van der Waals surface area contributed by atoms with Crippen LogP contribution in [0, 0.1) is 6.92 Å². The van der Waals surface area contributed by atoms with Crippen molar-refractivity contribution in [1.82, 2.24) is 10.6 Å². The number of rotatable bonds is 7. The quantitative estimate of drug-likeness (QED) is 0.662. The Morgan fingerprint density at radius 3 is 2.36 bits per heavy atom. The van der Waals surface area contributed by atoms with Crippen LogP contribution in [0.25, 0.3) is 0 Å². The van der Waals surface area contributed by atoms with E-state index >= 15 is 0 Å². The summed E-state index contributed by atoms with van der Waals surface area (Å²) in [5, 5.41) is 4.92. The number of hydrogen-bond donors (Lipinski definition) is 2. The third-order valence-corrected chi connectivity index (χ3v) is 4.20. The third kappa shape index (κ3) is 6.92. The number of sulfone groups is 1. The van der Waals surface area contributed by atoms with Gasteiger partial charge in [0, 0.05) is 12.3 Å². The van der Waals surface area contributed by atoms with E-state index in [1.54, 1.807) is 20.8 Å². The van der Waals surface area contributed by atoms with Crippen LogP contribution >= 0.6 is 0 Å². The van der Waals surface area contributed by atoms with Crippen LogP contribution in [-0.2, 0) is 24.2 Å². The molecule has 0 heterocycles. The van der Waals surface area contributed by atoms with Gasteiger partial charge in [0.1, 0.15) is 0 Å². The largest absolute Gasteiger partial charge is 0.452 e. The average Bonchev–Trinajstić information content (AvgIpc) is 2.49. The topological polar surface area (TPSA) is 119 Å². The van der Waals surface area contributed by atoms with E-state index < -0.39 is 28.3 Å². The molecule has 1 rings (SSSR count). The van der Waals surface area contributed by atoms with Crippen molar-refractivity contribution in [2.24, 2.45) is 0 Å². The van der Waals surface area contributed by atoms with Gasteiger partial charge in [0.25, 0.3) is 5.91 Å². The molecule has 1 aromatic carbocycles. The second-order valence-electron chi connectivity index (χ2n) is 5.82. The van der Waals surface area contributed by atoms with Crippen molar-refractivity contribution < 1.29 is 27.5 Å². The number of aryl methyl sites for hydroxylation is 1. The zero-order valence-electron chi connectivity index (χ0n) is 14.6. The predicted octanol–water partition coefficient (Wildman–Crippen LogP) is 0.196. The van der Waals surface area contributed by atoms with E-state index in [4.69, 9.17) is 4.74 Å². The maximum absolute atomic E-state index is 12.1. The minimum Gasteiger partial charge on any atom is -0.452 e. The van der Waals surface area contributed by atoms with Crippen LogP contribution in [0.5, 0.6) is 0 Å². The maximum atomic E-state index is 12.1. The fraction of sp³-hybridized carbons (Fsp3) is 0.438. The summed E-state index contributed by atoms with van der Waals surface area (Å²) >= 11 is 0. The molecule has 0 aliphatic carbocycles. The SMILES string of the molecule is Cc1ccc(S(C)(=O)=O)cc1C(=O)OCC(=O)NCC(=O)NC(C)C. The summed E-state index contributed by atoms with van der Waals surface area (Å²) in [5.41, 5.74) is 0.586. The Bertz CT molecular complexity index is 771. The number of ether oxygens (including phenoxy) is 1. The first kappa shape index (κ1) is 20.6. The Morgan fingerprint density at radius 2 is 1.80 bits per heavy atom. The number of esters is 1. The van der Waals surface area contributed by atoms with Crippen LogP contribution in [-0.4, -0.2) is 51.7 Å². The summed E-state index contributed by atoms with van der Waals surface area (Å²) in [6, 6.07) is 4.04. The van der Waals surface area contributed by atoms with Crippen molar-refractivity contribution in [3.8, 4) is 0 Å². The highest BCUT2D eigenvalue weighted by Crippen LogP contribution is 2.16. The molecule has 2 amide bonds. The van der Waals surface area contributed by atoms with E-state index in [0.29, 0.717) is 5.56 Å². The summed E-state index contributed by atoms with van der Waals surface area (Å²) in [5.74, 6) is -1.81. The Kier molecular flexibility index (Phi) is 7.10. The lowest BCUT2D eigenvalue weighted by Gasteiger charge is -2.10. The molecule has 1 aromatic rings. The molecular weight excluding hydrogens is 348 g/mol. The summed E-state index contributed by atoms with van der Waals surface area (Å²) in [4.78, 5) is 35.1. The predicted molar refractivity (Wildman–Crippen MR) is 90.9 cm³/mol. The Morgan fingerprint density at radius 1 is 1.16 bits per heavy atom. The van der Waals surface area contributed by atoms with Crippen molar-refractivity contribution in [1.29, 1.82) is 0 Å². The maximum Gasteiger partial charge on any atom is 0.338 e. The Labute approximate surface area is 146 Å². The fourth-order valence-electron chi connectivity index (χ4n) is 1.86. The van der Waals surface area contributed by atoms with E-state index in [1.807, 2.05) is 0 Å². The molecule has 0 saturated carbocycles. The van der Waals surface area contributed by atoms with E-state index in [2.05, 4.69) is 10.6 Å². The first-order valence-electron chi connectivity index (χ1n) is 7.54. The van der Waals surface area contributed by atoms with Gasteiger partial charge in [-0.2, -0.15) is 0 Å². The minimum atomic E-state index is -3.47. The highest BCUT2D eigenvalue weighted by Gasteiger charge is 2.17. The molecule has 0 radical (unpaired) electrons. The van der Waals surface area contributed by atoms with Crippen LogP contribution in [0.3, 0.4) is 0 Å². The second kappa shape index (κ2) is 8.61. The van der Waals surface area contributed by atoms with Crippen molar-refractivity contribution in [3.05, 3.63) is 29.3 Å². The molecule has 0 fully saturated rings. The Balaban J connectivity index is 2.62. The molecule has 0 aliphatic heterocycles. The summed E-state index contributed by atoms with van der Waals surface area (Å²) in [7, 11) is -3.47. The van der Waals surface area contributed by atoms with Gasteiger partial charge in [0.15, 0.2) is 16.4 Å². The van der Waals surface area contributed by atoms with Gasteiger partial charge < -0.3 is 15.4 Å². The molecule has 138 valence electrons. The molecule has 0 bridgehead atoms. The standard InChI is InChI=1S/C16H22N2O6S/c1-10(2)18-14(19)8-17-15(20)9-24-16(21)13-7-12(25(4,22)23)6-5-11(13)3/h5-7,10H,8-9H2,1-4H3,(H,17,20)(H,18,19). The van der Waals surface area contributed by atoms with Gasteiger partial charge in [-0.3, -0.25) is 9.59 Å². The molecule has 8 nitrogen and oxygen atoms in total. The van der Waals surface area contributed by atoms with Crippen LogP contribution in [0.15, 0.2) is 23.1 Å². The van der Waals surface area contributed by atoms with Crippen LogP contribution < -0.4 is 10.6 Å². The highest BCUT2D eigenvalue weighted by atomic mass is 32.2. The highest BCUT2D eigenvalue weighted by molar-refractivity contribution is 7.90. The van der Waals surface area contributed by atoms with Gasteiger partial charge in [-0.15, -0.1) is 0 Å². The molecular formula is C16H22N2O6S. The summed E-state index contributed by atoms with van der Waals surface area (Å²) < 4.78 is 28.0. The van der Waals surface area contributed by atoms with Gasteiger partial charge >= 0.3 is 5.97 Å². The lowest BCUT2D eigenvalue weighted by molar-refractivity contribution is -0.128. The number of nitrogens with one attached hydrogen (secondary N) is 2. The van der Waals surface area contributed by atoms with Crippen molar-refractivity contribution in [2.75, 3.05) is 19.4 Å². The van der Waals surface area contributed by atoms with Gasteiger partial charge in [0.2, 0.25) is 5.91 Å². The number of hydrogen-bond acceptors (Lipinski definition) is 6. The van der Waals surface area contributed by atoms with E-state index in [0.717, 1.165) is 6.26 Å². The molecule has 2 N–H and O–H groups in total. The molecule has 0 atom stereocenters. The van der Waals surface area contributed by atoms with Crippen molar-refractivity contribution in [2.45, 2.75) is 31.7 Å². The van der Waals surface area contributed by atoms with Crippen LogP contribution in [0.2, 0.25) is 0 Å². The molecule has 0 aromatic heterocycles. The first-order valence-corrected chi connectivity index (χ1v) is 9.43. The Hall–Kier alpha value is -2.42. The first-order chi connectivity index (χ1) is 11.5. The lowest BCUT2D eigenvalue weighted by Crippen LogP contribution is -2.41. The monoisotopic (exact) mass is 370 g/mol. The number of amides is 2. The van der Waals surface area contributed by atoms with Gasteiger partial charge in [-0.05, 0) is 38.5 Å². The third-order valence-electron chi connectivity index (χ3n) is 3.09.